The molecule has 0 aliphatic heterocycles. The molecular weight excluding hydrogens is 344 g/mol. The SMILES string of the molecule is CNC(c1cc(F)c(Cl)cc1F)c1cscc1Br. The molecule has 1 N–H and O–H groups in total. The van der Waals surface area contributed by atoms with Crippen LogP contribution in [-0.4, -0.2) is 7.05 Å². The lowest BCUT2D eigenvalue weighted by Crippen LogP contribution is -2.19. The number of hydrogen-bond acceptors (Lipinski definition) is 2. The van der Waals surface area contributed by atoms with Gasteiger partial charge in [-0.25, -0.2) is 8.78 Å². The third-order valence-electron chi connectivity index (χ3n) is 2.59. The monoisotopic (exact) mass is 351 g/mol. The van der Waals surface area contributed by atoms with Crippen molar-refractivity contribution in [2.24, 2.45) is 0 Å². The van der Waals surface area contributed by atoms with Crippen molar-refractivity contribution >= 4 is 38.9 Å². The van der Waals surface area contributed by atoms with Gasteiger partial charge >= 0.3 is 0 Å². The van der Waals surface area contributed by atoms with E-state index in [9.17, 15) is 8.78 Å². The Balaban J connectivity index is 2.52. The number of hydrogen-bond donors (Lipinski definition) is 1. The molecule has 0 fully saturated rings. The lowest BCUT2D eigenvalue weighted by atomic mass is 10.0. The average molecular weight is 353 g/mol. The Morgan fingerprint density at radius 1 is 1.22 bits per heavy atom. The fourth-order valence-corrected chi connectivity index (χ4v) is 3.44. The van der Waals surface area contributed by atoms with Crippen molar-refractivity contribution in [1.82, 2.24) is 5.32 Å². The van der Waals surface area contributed by atoms with Gasteiger partial charge in [0, 0.05) is 15.4 Å². The molecule has 0 bridgehead atoms. The molecule has 0 aliphatic rings. The zero-order valence-corrected chi connectivity index (χ0v) is 12.5. The van der Waals surface area contributed by atoms with Crippen molar-refractivity contribution in [2.75, 3.05) is 7.05 Å². The van der Waals surface area contributed by atoms with E-state index in [0.717, 1.165) is 22.2 Å². The molecule has 2 rings (SSSR count). The molecule has 1 heterocycles. The van der Waals surface area contributed by atoms with Gasteiger partial charge in [-0.1, -0.05) is 11.6 Å². The van der Waals surface area contributed by atoms with Crippen LogP contribution in [0.5, 0.6) is 0 Å². The maximum Gasteiger partial charge on any atom is 0.142 e. The van der Waals surface area contributed by atoms with E-state index >= 15 is 0 Å². The summed E-state index contributed by atoms with van der Waals surface area (Å²) in [6, 6.07) is 1.71. The van der Waals surface area contributed by atoms with Gasteiger partial charge in [-0.3, -0.25) is 0 Å². The molecule has 1 atom stereocenters. The first-order chi connectivity index (χ1) is 8.54. The minimum atomic E-state index is -0.625. The Bertz CT molecular complexity index is 573. The highest BCUT2D eigenvalue weighted by Gasteiger charge is 2.21. The van der Waals surface area contributed by atoms with Crippen molar-refractivity contribution in [2.45, 2.75) is 6.04 Å². The highest BCUT2D eigenvalue weighted by Crippen LogP contribution is 2.33. The zero-order valence-electron chi connectivity index (χ0n) is 9.31. The summed E-state index contributed by atoms with van der Waals surface area (Å²) >= 11 is 10.4. The van der Waals surface area contributed by atoms with E-state index in [4.69, 9.17) is 11.6 Å². The molecule has 18 heavy (non-hydrogen) atoms. The molecule has 1 aromatic carbocycles. The number of rotatable bonds is 3. The van der Waals surface area contributed by atoms with Crippen LogP contribution >= 0.6 is 38.9 Å². The van der Waals surface area contributed by atoms with Crippen LogP contribution in [0.25, 0.3) is 0 Å². The van der Waals surface area contributed by atoms with Gasteiger partial charge in [0.25, 0.3) is 0 Å². The molecule has 1 nitrogen and oxygen atoms in total. The molecule has 2 aromatic rings. The topological polar surface area (TPSA) is 12.0 Å². The smallest absolute Gasteiger partial charge is 0.142 e. The quantitative estimate of drug-likeness (QED) is 0.786. The molecule has 1 unspecified atom stereocenters. The van der Waals surface area contributed by atoms with Gasteiger partial charge in [0.2, 0.25) is 0 Å². The molecule has 0 spiro atoms. The summed E-state index contributed by atoms with van der Waals surface area (Å²) in [5, 5.41) is 6.54. The fraction of sp³-hybridized carbons (Fsp3) is 0.167. The molecule has 0 saturated carbocycles. The summed E-state index contributed by atoms with van der Waals surface area (Å²) in [4.78, 5) is 0. The van der Waals surface area contributed by atoms with Crippen LogP contribution in [0.1, 0.15) is 17.2 Å². The van der Waals surface area contributed by atoms with E-state index in [1.54, 1.807) is 7.05 Å². The number of thiophene rings is 1. The van der Waals surface area contributed by atoms with Gasteiger partial charge < -0.3 is 5.32 Å². The van der Waals surface area contributed by atoms with Gasteiger partial charge in [-0.05, 0) is 46.1 Å². The molecule has 0 amide bonds. The van der Waals surface area contributed by atoms with Gasteiger partial charge in [0.05, 0.1) is 11.1 Å². The standard InChI is InChI=1S/C12H9BrClF2NS/c1-17-12(7-4-18-5-8(7)13)6-2-11(16)9(14)3-10(6)15/h2-5,12,17H,1H3. The highest BCUT2D eigenvalue weighted by molar-refractivity contribution is 9.10. The Kier molecular flexibility index (Phi) is 4.37. The van der Waals surface area contributed by atoms with Crippen molar-refractivity contribution in [3.8, 4) is 0 Å². The second kappa shape index (κ2) is 5.65. The summed E-state index contributed by atoms with van der Waals surface area (Å²) in [6.45, 7) is 0. The first-order valence-corrected chi connectivity index (χ1v) is 7.19. The summed E-state index contributed by atoms with van der Waals surface area (Å²) in [7, 11) is 1.70. The van der Waals surface area contributed by atoms with Crippen LogP contribution in [0.4, 0.5) is 8.78 Å². The Morgan fingerprint density at radius 3 is 2.50 bits per heavy atom. The second-order valence-electron chi connectivity index (χ2n) is 3.68. The summed E-state index contributed by atoms with van der Waals surface area (Å²) < 4.78 is 28.2. The van der Waals surface area contributed by atoms with Crippen LogP contribution in [0.15, 0.2) is 27.4 Å². The largest absolute Gasteiger partial charge is 0.309 e. The lowest BCUT2D eigenvalue weighted by Gasteiger charge is -2.17. The van der Waals surface area contributed by atoms with E-state index in [1.165, 1.54) is 11.3 Å². The fourth-order valence-electron chi connectivity index (χ4n) is 1.74. The zero-order chi connectivity index (χ0) is 13.3. The summed E-state index contributed by atoms with van der Waals surface area (Å²) in [6.07, 6.45) is 0. The number of benzene rings is 1. The predicted molar refractivity (Wildman–Crippen MR) is 74.3 cm³/mol. The van der Waals surface area contributed by atoms with Crippen molar-refractivity contribution in [1.29, 1.82) is 0 Å². The average Bonchev–Trinajstić information content (AvgIpc) is 2.73. The molecule has 96 valence electrons. The van der Waals surface area contributed by atoms with Crippen LogP contribution in [0.3, 0.4) is 0 Å². The van der Waals surface area contributed by atoms with Crippen LogP contribution in [0.2, 0.25) is 5.02 Å². The third kappa shape index (κ3) is 2.59. The number of halogens is 4. The normalized spacial score (nSPS) is 12.7. The summed E-state index contributed by atoms with van der Waals surface area (Å²) in [5.74, 6) is -1.15. The molecule has 0 saturated heterocycles. The molecule has 6 heteroatoms. The van der Waals surface area contributed by atoms with E-state index in [1.807, 2.05) is 10.8 Å². The van der Waals surface area contributed by atoms with Crippen molar-refractivity contribution < 1.29 is 8.78 Å². The molecule has 0 aliphatic carbocycles. The first kappa shape index (κ1) is 13.9. The number of nitrogens with one attached hydrogen (secondary N) is 1. The Hall–Kier alpha value is -0.490. The van der Waals surface area contributed by atoms with Crippen molar-refractivity contribution in [3.05, 3.63) is 55.1 Å². The van der Waals surface area contributed by atoms with Gasteiger partial charge in [-0.2, -0.15) is 11.3 Å². The molecule has 1 aromatic heterocycles. The van der Waals surface area contributed by atoms with E-state index in [2.05, 4.69) is 21.2 Å². The summed E-state index contributed by atoms with van der Waals surface area (Å²) in [5.41, 5.74) is 1.10. The Morgan fingerprint density at radius 2 is 1.94 bits per heavy atom. The van der Waals surface area contributed by atoms with Gasteiger partial charge in [-0.15, -0.1) is 0 Å². The minimum Gasteiger partial charge on any atom is -0.309 e. The minimum absolute atomic E-state index is 0.213. The van der Waals surface area contributed by atoms with E-state index < -0.39 is 17.7 Å². The maximum absolute atomic E-state index is 13.9. The first-order valence-electron chi connectivity index (χ1n) is 5.08. The second-order valence-corrected chi connectivity index (χ2v) is 5.69. The molecular formula is C12H9BrClF2NS. The van der Waals surface area contributed by atoms with E-state index in [0.29, 0.717) is 0 Å². The maximum atomic E-state index is 13.9. The Labute approximate surface area is 121 Å². The predicted octanol–water partition coefficient (Wildman–Crippen LogP) is 4.75. The highest BCUT2D eigenvalue weighted by atomic mass is 79.9. The van der Waals surface area contributed by atoms with Crippen LogP contribution in [0, 0.1) is 11.6 Å². The lowest BCUT2D eigenvalue weighted by molar-refractivity contribution is 0.558. The molecule has 0 radical (unpaired) electrons. The van der Waals surface area contributed by atoms with Crippen LogP contribution < -0.4 is 5.32 Å². The van der Waals surface area contributed by atoms with Crippen LogP contribution in [-0.2, 0) is 0 Å². The third-order valence-corrected chi connectivity index (χ3v) is 4.63. The van der Waals surface area contributed by atoms with Gasteiger partial charge in [0.1, 0.15) is 11.6 Å². The van der Waals surface area contributed by atoms with E-state index in [-0.39, 0.29) is 10.6 Å². The van der Waals surface area contributed by atoms with Crippen molar-refractivity contribution in [3.63, 3.8) is 0 Å². The van der Waals surface area contributed by atoms with Gasteiger partial charge in [0.15, 0.2) is 0 Å².